The number of fused-ring (bicyclic) bond motifs is 1. The zero-order valence-corrected chi connectivity index (χ0v) is 6.04. The van der Waals surface area contributed by atoms with Crippen LogP contribution in [0.25, 0.3) is 6.08 Å². The van der Waals surface area contributed by atoms with Crippen LogP contribution in [0.5, 0.6) is 0 Å². The summed E-state index contributed by atoms with van der Waals surface area (Å²) < 4.78 is 2.03. The van der Waals surface area contributed by atoms with Crippen LogP contribution in [0.1, 0.15) is 19.0 Å². The second kappa shape index (κ2) is 1.97. The van der Waals surface area contributed by atoms with E-state index in [4.69, 9.17) is 0 Å². The van der Waals surface area contributed by atoms with Crippen LogP contribution in [-0.4, -0.2) is 9.78 Å². The van der Waals surface area contributed by atoms with Crippen molar-refractivity contribution in [3.8, 4) is 0 Å². The normalized spacial score (nSPS) is 16.3. The molecule has 0 radical (unpaired) electrons. The van der Waals surface area contributed by atoms with Gasteiger partial charge in [-0.1, -0.05) is 5.57 Å². The van der Waals surface area contributed by atoms with Gasteiger partial charge in [-0.25, -0.2) is 0 Å². The Hall–Kier alpha value is -1.05. The first-order valence-electron chi connectivity index (χ1n) is 3.55. The van der Waals surface area contributed by atoms with Crippen LogP contribution in [0.15, 0.2) is 17.8 Å². The van der Waals surface area contributed by atoms with E-state index in [0.29, 0.717) is 0 Å². The molecule has 2 nitrogen and oxygen atoms in total. The molecule has 10 heavy (non-hydrogen) atoms. The first kappa shape index (κ1) is 5.71. The van der Waals surface area contributed by atoms with Crippen molar-refractivity contribution in [3.05, 3.63) is 23.5 Å². The summed E-state index contributed by atoms with van der Waals surface area (Å²) in [6.07, 6.45) is 5.19. The quantitative estimate of drug-likeness (QED) is 0.528. The van der Waals surface area contributed by atoms with Gasteiger partial charge in [0.15, 0.2) is 0 Å². The predicted molar refractivity (Wildman–Crippen MR) is 40.5 cm³/mol. The molecular formula is C8H10N2. The van der Waals surface area contributed by atoms with Crippen molar-refractivity contribution in [2.45, 2.75) is 19.9 Å². The van der Waals surface area contributed by atoms with Gasteiger partial charge in [0.25, 0.3) is 0 Å². The molecule has 0 saturated carbocycles. The number of rotatable bonds is 0. The van der Waals surface area contributed by atoms with E-state index < -0.39 is 0 Å². The molecule has 1 aliphatic heterocycles. The number of hydrogen-bond donors (Lipinski definition) is 0. The van der Waals surface area contributed by atoms with E-state index in [9.17, 15) is 0 Å². The van der Waals surface area contributed by atoms with Gasteiger partial charge in [0.1, 0.15) is 0 Å². The lowest BCUT2D eigenvalue weighted by atomic mass is 10.1. The Balaban J connectivity index is 2.50. The molecule has 1 aromatic rings. The Labute approximate surface area is 60.2 Å². The highest BCUT2D eigenvalue weighted by molar-refractivity contribution is 5.49. The Morgan fingerprint density at radius 1 is 1.60 bits per heavy atom. The summed E-state index contributed by atoms with van der Waals surface area (Å²) in [5.41, 5.74) is 2.69. The Morgan fingerprint density at radius 3 is 3.40 bits per heavy atom. The molecule has 0 unspecified atom stereocenters. The molecule has 2 rings (SSSR count). The van der Waals surface area contributed by atoms with Gasteiger partial charge in [0, 0.05) is 12.7 Å². The topological polar surface area (TPSA) is 17.8 Å². The van der Waals surface area contributed by atoms with Gasteiger partial charge in [-0.15, -0.1) is 0 Å². The fourth-order valence-corrected chi connectivity index (χ4v) is 1.26. The summed E-state index contributed by atoms with van der Waals surface area (Å²) in [6.45, 7) is 3.21. The summed E-state index contributed by atoms with van der Waals surface area (Å²) in [5.74, 6) is 0. The van der Waals surface area contributed by atoms with Crippen molar-refractivity contribution < 1.29 is 0 Å². The molecule has 0 spiro atoms. The van der Waals surface area contributed by atoms with E-state index in [0.717, 1.165) is 13.0 Å². The highest BCUT2D eigenvalue weighted by Gasteiger charge is 2.05. The third-order valence-electron chi connectivity index (χ3n) is 1.86. The number of hydrogen-bond acceptors (Lipinski definition) is 1. The summed E-state index contributed by atoms with van der Waals surface area (Å²) in [7, 11) is 0. The zero-order valence-electron chi connectivity index (χ0n) is 6.04. The van der Waals surface area contributed by atoms with Crippen LogP contribution in [0.4, 0.5) is 0 Å². The summed E-state index contributed by atoms with van der Waals surface area (Å²) in [4.78, 5) is 0. The van der Waals surface area contributed by atoms with E-state index in [1.165, 1.54) is 11.3 Å². The number of aromatic nitrogens is 2. The Bertz CT molecular complexity index is 271. The lowest BCUT2D eigenvalue weighted by Gasteiger charge is -2.10. The predicted octanol–water partition coefficient (Wildman–Crippen LogP) is 1.69. The average molecular weight is 134 g/mol. The SMILES string of the molecule is CC1=Cc2ccnn2CC1. The summed E-state index contributed by atoms with van der Waals surface area (Å²) in [6, 6.07) is 2.04. The van der Waals surface area contributed by atoms with E-state index in [1.807, 2.05) is 16.9 Å². The van der Waals surface area contributed by atoms with Gasteiger partial charge in [0.05, 0.1) is 5.69 Å². The number of nitrogens with zero attached hydrogens (tertiary/aromatic N) is 2. The third kappa shape index (κ3) is 0.764. The molecule has 2 heteroatoms. The second-order valence-corrected chi connectivity index (χ2v) is 2.72. The molecule has 0 atom stereocenters. The molecule has 1 aliphatic rings. The third-order valence-corrected chi connectivity index (χ3v) is 1.86. The molecule has 0 N–H and O–H groups in total. The second-order valence-electron chi connectivity index (χ2n) is 2.72. The minimum absolute atomic E-state index is 1.05. The molecule has 2 heterocycles. The molecule has 0 aromatic carbocycles. The lowest BCUT2D eigenvalue weighted by molar-refractivity contribution is 0.596. The van der Waals surface area contributed by atoms with Crippen molar-refractivity contribution in [2.24, 2.45) is 0 Å². The number of allylic oxidation sites excluding steroid dienone is 1. The van der Waals surface area contributed by atoms with E-state index in [1.54, 1.807) is 0 Å². The Morgan fingerprint density at radius 2 is 2.50 bits per heavy atom. The van der Waals surface area contributed by atoms with Crippen LogP contribution < -0.4 is 0 Å². The maximum absolute atomic E-state index is 4.16. The van der Waals surface area contributed by atoms with Gasteiger partial charge in [-0.3, -0.25) is 4.68 Å². The minimum atomic E-state index is 1.05. The van der Waals surface area contributed by atoms with Gasteiger partial charge < -0.3 is 0 Å². The van der Waals surface area contributed by atoms with E-state index >= 15 is 0 Å². The van der Waals surface area contributed by atoms with Gasteiger partial charge in [0.2, 0.25) is 0 Å². The van der Waals surface area contributed by atoms with Gasteiger partial charge >= 0.3 is 0 Å². The largest absolute Gasteiger partial charge is 0.265 e. The van der Waals surface area contributed by atoms with Crippen LogP contribution in [0.2, 0.25) is 0 Å². The lowest BCUT2D eigenvalue weighted by Crippen LogP contribution is -2.06. The maximum atomic E-state index is 4.16. The first-order valence-corrected chi connectivity index (χ1v) is 3.55. The molecule has 52 valence electrons. The molecular weight excluding hydrogens is 124 g/mol. The molecule has 0 fully saturated rings. The van der Waals surface area contributed by atoms with E-state index in [2.05, 4.69) is 18.1 Å². The molecule has 1 aromatic heterocycles. The number of aryl methyl sites for hydroxylation is 1. The maximum Gasteiger partial charge on any atom is 0.0609 e. The fourth-order valence-electron chi connectivity index (χ4n) is 1.26. The minimum Gasteiger partial charge on any atom is -0.265 e. The fraction of sp³-hybridized carbons (Fsp3) is 0.375. The van der Waals surface area contributed by atoms with Gasteiger partial charge in [-0.2, -0.15) is 5.10 Å². The van der Waals surface area contributed by atoms with Crippen molar-refractivity contribution in [1.29, 1.82) is 0 Å². The smallest absolute Gasteiger partial charge is 0.0609 e. The summed E-state index contributed by atoms with van der Waals surface area (Å²) in [5, 5.41) is 4.16. The highest BCUT2D eigenvalue weighted by Crippen LogP contribution is 2.15. The molecule has 0 aliphatic carbocycles. The van der Waals surface area contributed by atoms with Crippen LogP contribution in [0.3, 0.4) is 0 Å². The summed E-state index contributed by atoms with van der Waals surface area (Å²) >= 11 is 0. The van der Waals surface area contributed by atoms with Crippen LogP contribution in [0, 0.1) is 0 Å². The van der Waals surface area contributed by atoms with E-state index in [-0.39, 0.29) is 0 Å². The molecule has 0 amide bonds. The standard InChI is InChI=1S/C8H10N2/c1-7-3-5-10-8(6-7)2-4-9-10/h2,4,6H,3,5H2,1H3. The van der Waals surface area contributed by atoms with Crippen molar-refractivity contribution in [2.75, 3.05) is 0 Å². The van der Waals surface area contributed by atoms with Crippen LogP contribution >= 0.6 is 0 Å². The average Bonchev–Trinajstić information content (AvgIpc) is 2.33. The van der Waals surface area contributed by atoms with Crippen molar-refractivity contribution in [3.63, 3.8) is 0 Å². The molecule has 0 saturated heterocycles. The van der Waals surface area contributed by atoms with Crippen molar-refractivity contribution >= 4 is 6.08 Å². The van der Waals surface area contributed by atoms with Gasteiger partial charge in [-0.05, 0) is 25.5 Å². The monoisotopic (exact) mass is 134 g/mol. The first-order chi connectivity index (χ1) is 4.86. The van der Waals surface area contributed by atoms with Crippen LogP contribution in [-0.2, 0) is 6.54 Å². The molecule has 0 bridgehead atoms. The zero-order chi connectivity index (χ0) is 6.97. The highest BCUT2D eigenvalue weighted by atomic mass is 15.3. The Kier molecular flexibility index (Phi) is 1.13. The van der Waals surface area contributed by atoms with Crippen molar-refractivity contribution in [1.82, 2.24) is 9.78 Å².